The number of Topliss-reactive ketones (excluding diaryl/α,β-unsaturated/α-hetero) is 3. The predicted molar refractivity (Wildman–Crippen MR) is 323 cm³/mol. The van der Waals surface area contributed by atoms with E-state index < -0.39 is 5.97 Å². The number of nitrogens with two attached hydrogens (primary N) is 4. The van der Waals surface area contributed by atoms with Crippen LogP contribution >= 0.6 is 0 Å². The van der Waals surface area contributed by atoms with Crippen LogP contribution in [0.25, 0.3) is 0 Å². The Bertz CT molecular complexity index is 1930. The number of aryl methyl sites for hydroxylation is 3. The number of carboxylic acid groups (broad SMARTS) is 1. The molecule has 1 amide bonds. The van der Waals surface area contributed by atoms with Crippen molar-refractivity contribution >= 4 is 52.5 Å². The van der Waals surface area contributed by atoms with E-state index in [1.165, 1.54) is 62.0 Å². The first-order valence-electron chi connectivity index (χ1n) is 24.4. The third kappa shape index (κ3) is 110. The average Bonchev–Trinajstić information content (AvgIpc) is 3.36. The maximum absolute atomic E-state index is 10.2. The zero-order valence-electron chi connectivity index (χ0n) is 49.7. The first-order valence-corrected chi connectivity index (χ1v) is 24.4. The molecule has 20 heteroatoms. The smallest absolute Gasteiger partial charge is 0.300 e. The highest BCUT2D eigenvalue weighted by molar-refractivity contribution is 5.73. The molecule has 0 bridgehead atoms. The van der Waals surface area contributed by atoms with E-state index in [9.17, 15) is 19.2 Å². The molecule has 0 aromatic carbocycles. The number of carbonyl (C=O) groups is 5. The number of aliphatic hydroxyl groups excluding tert-OH is 1. The van der Waals surface area contributed by atoms with E-state index in [1.807, 2.05) is 124 Å². The molecule has 0 spiro atoms. The third-order valence-corrected chi connectivity index (χ3v) is 5.91. The van der Waals surface area contributed by atoms with E-state index in [0.717, 1.165) is 29.1 Å². The number of aliphatic hydroxyl groups is 1. The van der Waals surface area contributed by atoms with Crippen molar-refractivity contribution in [1.82, 2.24) is 40.0 Å². The van der Waals surface area contributed by atoms with Crippen LogP contribution < -0.4 is 22.9 Å². The van der Waals surface area contributed by atoms with Gasteiger partial charge in [0.1, 0.15) is 40.6 Å². The summed E-state index contributed by atoms with van der Waals surface area (Å²) in [6.45, 7) is 25.3. The van der Waals surface area contributed by atoms with Crippen molar-refractivity contribution in [3.8, 4) is 0 Å². The molecule has 0 fully saturated rings. The first-order chi connectivity index (χ1) is 37.0. The number of pyridine rings is 7. The molecular weight excluding hydrogens is 1000 g/mol. The van der Waals surface area contributed by atoms with Gasteiger partial charge in [-0.05, 0) is 161 Å². The van der Waals surface area contributed by atoms with Crippen LogP contribution in [0.4, 0.5) is 23.3 Å². The Morgan fingerprint density at radius 3 is 0.633 bits per heavy atom. The Balaban J connectivity index is -0.000000143. The van der Waals surface area contributed by atoms with E-state index in [2.05, 4.69) is 53.6 Å². The van der Waals surface area contributed by atoms with Gasteiger partial charge in [-0.2, -0.15) is 0 Å². The van der Waals surface area contributed by atoms with Gasteiger partial charge in [-0.3, -0.25) is 29.4 Å². The summed E-state index contributed by atoms with van der Waals surface area (Å²) in [7, 11) is 3.00. The molecule has 10 N–H and O–H groups in total. The lowest BCUT2D eigenvalue weighted by Gasteiger charge is -2.08. The third-order valence-electron chi connectivity index (χ3n) is 5.91. The Morgan fingerprint density at radius 1 is 0.443 bits per heavy atom. The molecule has 7 aromatic heterocycles. The molecule has 7 heterocycles. The van der Waals surface area contributed by atoms with Crippen molar-refractivity contribution in [2.45, 2.75) is 116 Å². The number of nitrogens with zero attached hydrogens (tertiary/aromatic N) is 8. The molecule has 0 radical (unpaired) electrons. The van der Waals surface area contributed by atoms with Crippen LogP contribution in [-0.2, 0) is 28.8 Å². The summed E-state index contributed by atoms with van der Waals surface area (Å²) in [6.07, 6.45) is 13.1. The fraction of sp³-hybridized carbons (Fsp3) is 0.322. The molecular formula is C59H92N12O8. The SMILES string of the molecule is CC(=O)O.CC(C)=O.CC(C)=O.CC(C)=O.CC(C)O.CCC.CON(C)C(C)=O.Cc1ccccn1.Cc1ccccn1.Cc1ccccn1.Nc1ccccn1.Nc1ccccn1.Nc1ccccn1.Nc1ccccn1. The number of aromatic nitrogens is 7. The lowest BCUT2D eigenvalue weighted by atomic mass is 10.4. The van der Waals surface area contributed by atoms with Gasteiger partial charge >= 0.3 is 0 Å². The molecule has 0 aliphatic heterocycles. The molecule has 7 aromatic rings. The summed E-state index contributed by atoms with van der Waals surface area (Å²) in [5.74, 6) is 1.86. The van der Waals surface area contributed by atoms with Crippen LogP contribution in [0.15, 0.2) is 171 Å². The Labute approximate surface area is 471 Å². The van der Waals surface area contributed by atoms with Crippen LogP contribution in [0.1, 0.15) is 107 Å². The van der Waals surface area contributed by atoms with Gasteiger partial charge in [0.25, 0.3) is 5.97 Å². The number of amides is 1. The summed E-state index contributed by atoms with van der Waals surface area (Å²) >= 11 is 0. The van der Waals surface area contributed by atoms with Gasteiger partial charge in [0.2, 0.25) is 5.91 Å². The number of carbonyl (C=O) groups excluding carboxylic acids is 4. The standard InChI is InChI=1S/3C6H7N.4C5H6N2.C4H9NO2.C3H8O.3C3H6O.C3H8.C2H4O2/c3*1-6-4-2-3-5-7-6;4*6-5-3-1-2-4-7-5;1-4(6)5(2)7-3;4*1-3(2)4;1-3-2;1-2(3)4/h3*2-5H,1H3;4*1-4H,(H2,6,7);1-3H3;3-4H,1-2H3;3*1-2H3;3H2,1-2H3;1H3,(H,3,4). The average molecular weight is 1100 g/mol. The van der Waals surface area contributed by atoms with E-state index in [4.69, 9.17) is 37.9 Å². The Morgan fingerprint density at radius 2 is 0.595 bits per heavy atom. The van der Waals surface area contributed by atoms with Gasteiger partial charge in [-0.15, -0.1) is 0 Å². The monoisotopic (exact) mass is 1100 g/mol. The maximum atomic E-state index is 10.2. The van der Waals surface area contributed by atoms with Crippen LogP contribution in [0, 0.1) is 20.8 Å². The first kappa shape index (κ1) is 84.1. The van der Waals surface area contributed by atoms with E-state index in [0.29, 0.717) is 23.3 Å². The van der Waals surface area contributed by atoms with Gasteiger partial charge in [-0.25, -0.2) is 25.0 Å². The number of hydrogen-bond donors (Lipinski definition) is 6. The summed E-state index contributed by atoms with van der Waals surface area (Å²) < 4.78 is 0. The van der Waals surface area contributed by atoms with Gasteiger partial charge < -0.3 is 47.5 Å². The molecule has 0 unspecified atom stereocenters. The normalized spacial score (nSPS) is 8.09. The summed E-state index contributed by atoms with van der Waals surface area (Å²) in [5, 5.41) is 16.6. The zero-order chi connectivity index (χ0) is 62.2. The molecule has 0 atom stereocenters. The summed E-state index contributed by atoms with van der Waals surface area (Å²) in [6, 6.07) is 39.3. The van der Waals surface area contributed by atoms with Gasteiger partial charge in [0.05, 0.1) is 7.11 Å². The van der Waals surface area contributed by atoms with Crippen LogP contribution in [0.5, 0.6) is 0 Å². The largest absolute Gasteiger partial charge is 0.481 e. The maximum Gasteiger partial charge on any atom is 0.300 e. The van der Waals surface area contributed by atoms with Gasteiger partial charge in [-0.1, -0.05) is 62.7 Å². The van der Waals surface area contributed by atoms with E-state index in [1.54, 1.807) is 88.5 Å². The van der Waals surface area contributed by atoms with E-state index >= 15 is 0 Å². The number of ketones is 3. The molecule has 20 nitrogen and oxygen atoms in total. The lowest BCUT2D eigenvalue weighted by Crippen LogP contribution is -2.21. The minimum atomic E-state index is -0.833. The van der Waals surface area contributed by atoms with Crippen molar-refractivity contribution < 1.29 is 39.0 Å². The van der Waals surface area contributed by atoms with Crippen molar-refractivity contribution in [2.24, 2.45) is 0 Å². The predicted octanol–water partition coefficient (Wildman–Crippen LogP) is 10.5. The van der Waals surface area contributed by atoms with Crippen LogP contribution in [0.3, 0.4) is 0 Å². The number of hydroxylamine groups is 2. The van der Waals surface area contributed by atoms with Crippen molar-refractivity contribution in [3.05, 3.63) is 188 Å². The Kier molecular flexibility index (Phi) is 69.4. The molecule has 436 valence electrons. The minimum absolute atomic E-state index is 0.0949. The molecule has 7 rings (SSSR count). The second-order valence-electron chi connectivity index (χ2n) is 15.7. The van der Waals surface area contributed by atoms with Crippen LogP contribution in [0.2, 0.25) is 0 Å². The number of anilines is 4. The topological polar surface area (TPSA) is 333 Å². The summed E-state index contributed by atoms with van der Waals surface area (Å²) in [4.78, 5) is 79.0. The molecule has 0 saturated heterocycles. The highest BCUT2D eigenvalue weighted by atomic mass is 16.7. The second-order valence-corrected chi connectivity index (χ2v) is 15.7. The van der Waals surface area contributed by atoms with Gasteiger partial charge in [0, 0.05) is 87.5 Å². The fourth-order valence-corrected chi connectivity index (χ4v) is 2.98. The zero-order valence-corrected chi connectivity index (χ0v) is 49.7. The van der Waals surface area contributed by atoms with Crippen LogP contribution in [-0.4, -0.2) is 99.7 Å². The number of hydrogen-bond acceptors (Lipinski definition) is 18. The quantitative estimate of drug-likeness (QED) is 0.0832. The van der Waals surface area contributed by atoms with Crippen molar-refractivity contribution in [2.75, 3.05) is 37.1 Å². The lowest BCUT2D eigenvalue weighted by molar-refractivity contribution is -0.165. The molecule has 0 aliphatic rings. The number of carboxylic acids is 1. The number of nitrogen functional groups attached to an aromatic ring is 4. The molecule has 0 aliphatic carbocycles. The molecule has 0 saturated carbocycles. The van der Waals surface area contributed by atoms with Crippen molar-refractivity contribution in [1.29, 1.82) is 0 Å². The highest BCUT2D eigenvalue weighted by Gasteiger charge is 1.95. The van der Waals surface area contributed by atoms with Gasteiger partial charge in [0.15, 0.2) is 0 Å². The number of aliphatic carboxylic acids is 1. The summed E-state index contributed by atoms with van der Waals surface area (Å²) in [5.41, 5.74) is 24.2. The highest BCUT2D eigenvalue weighted by Crippen LogP contribution is 1.92. The molecule has 79 heavy (non-hydrogen) atoms. The second kappa shape index (κ2) is 65.2. The number of rotatable bonds is 1. The van der Waals surface area contributed by atoms with Crippen molar-refractivity contribution in [3.63, 3.8) is 0 Å². The minimum Gasteiger partial charge on any atom is -0.481 e. The Hall–Kier alpha value is -8.88. The van der Waals surface area contributed by atoms with E-state index in [-0.39, 0.29) is 29.4 Å². The fourth-order valence-electron chi connectivity index (χ4n) is 2.98.